The third-order valence-corrected chi connectivity index (χ3v) is 4.34. The number of aromatic amines is 2. The molecule has 3 aromatic rings. The normalized spacial score (nSPS) is 13.0. The first-order valence-electron chi connectivity index (χ1n) is 7.80. The molecule has 1 aromatic heterocycles. The van der Waals surface area contributed by atoms with Crippen LogP contribution in [0, 0.1) is 0 Å². The van der Waals surface area contributed by atoms with E-state index in [2.05, 4.69) is 21.4 Å². The summed E-state index contributed by atoms with van der Waals surface area (Å²) in [6.07, 6.45) is 3.30. The molecule has 0 atom stereocenters. The molecule has 24 heavy (non-hydrogen) atoms. The zero-order valence-electron chi connectivity index (χ0n) is 12.8. The van der Waals surface area contributed by atoms with E-state index in [1.807, 2.05) is 12.1 Å². The maximum Gasteiger partial charge on any atom is 0.314 e. The van der Waals surface area contributed by atoms with E-state index >= 15 is 0 Å². The number of carbonyl (C=O) groups excluding carboxylic acids is 1. The third kappa shape index (κ3) is 2.52. The van der Waals surface area contributed by atoms with Gasteiger partial charge in [0, 0.05) is 11.3 Å². The maximum absolute atomic E-state index is 12.4. The van der Waals surface area contributed by atoms with Crippen LogP contribution in [0.2, 0.25) is 0 Å². The van der Waals surface area contributed by atoms with Crippen molar-refractivity contribution in [1.82, 2.24) is 9.97 Å². The quantitative estimate of drug-likeness (QED) is 0.630. The lowest BCUT2D eigenvalue weighted by atomic mass is 10.1. The molecule has 1 aliphatic carbocycles. The molecule has 1 amide bonds. The summed E-state index contributed by atoms with van der Waals surface area (Å²) >= 11 is 0. The molecule has 3 N–H and O–H groups in total. The molecular formula is C18H15N3O3. The van der Waals surface area contributed by atoms with Crippen LogP contribution in [-0.4, -0.2) is 15.9 Å². The lowest BCUT2D eigenvalue weighted by molar-refractivity contribution is 0.102. The number of rotatable bonds is 2. The monoisotopic (exact) mass is 321 g/mol. The Morgan fingerprint density at radius 2 is 1.62 bits per heavy atom. The smallest absolute Gasteiger partial charge is 0.314 e. The minimum absolute atomic E-state index is 0.262. The van der Waals surface area contributed by atoms with Crippen molar-refractivity contribution < 1.29 is 4.79 Å². The van der Waals surface area contributed by atoms with Gasteiger partial charge in [-0.1, -0.05) is 6.07 Å². The number of hydrogen-bond donors (Lipinski definition) is 3. The molecule has 6 heteroatoms. The van der Waals surface area contributed by atoms with E-state index in [4.69, 9.17) is 0 Å². The highest BCUT2D eigenvalue weighted by Gasteiger charge is 2.13. The van der Waals surface area contributed by atoms with E-state index < -0.39 is 11.1 Å². The van der Waals surface area contributed by atoms with Crippen LogP contribution in [0.4, 0.5) is 5.69 Å². The molecule has 1 heterocycles. The number of H-pyrrole nitrogens is 2. The van der Waals surface area contributed by atoms with E-state index in [1.54, 1.807) is 18.2 Å². The highest BCUT2D eigenvalue weighted by molar-refractivity contribution is 6.05. The number of nitrogens with one attached hydrogen (secondary N) is 3. The molecule has 120 valence electrons. The second-order valence-corrected chi connectivity index (χ2v) is 5.96. The second kappa shape index (κ2) is 5.49. The Morgan fingerprint density at radius 1 is 0.875 bits per heavy atom. The fourth-order valence-electron chi connectivity index (χ4n) is 3.11. The number of aromatic nitrogens is 2. The van der Waals surface area contributed by atoms with Gasteiger partial charge < -0.3 is 15.3 Å². The molecule has 0 radical (unpaired) electrons. The number of anilines is 1. The molecule has 1 aliphatic rings. The Balaban J connectivity index is 1.64. The van der Waals surface area contributed by atoms with E-state index in [0.717, 1.165) is 24.9 Å². The summed E-state index contributed by atoms with van der Waals surface area (Å²) in [5.74, 6) is -0.262. The Bertz CT molecular complexity index is 1080. The minimum Gasteiger partial charge on any atom is -0.322 e. The van der Waals surface area contributed by atoms with E-state index in [0.29, 0.717) is 16.6 Å². The highest BCUT2D eigenvalue weighted by Crippen LogP contribution is 2.25. The molecule has 0 fully saturated rings. The number of fused-ring (bicyclic) bond motifs is 2. The van der Waals surface area contributed by atoms with Crippen molar-refractivity contribution in [1.29, 1.82) is 0 Å². The van der Waals surface area contributed by atoms with Crippen molar-refractivity contribution in [2.45, 2.75) is 19.3 Å². The van der Waals surface area contributed by atoms with Gasteiger partial charge in [0.25, 0.3) is 5.91 Å². The summed E-state index contributed by atoms with van der Waals surface area (Å²) in [6.45, 7) is 0. The number of hydrogen-bond acceptors (Lipinski definition) is 3. The van der Waals surface area contributed by atoms with Crippen LogP contribution in [0.3, 0.4) is 0 Å². The average Bonchev–Trinajstić information content (AvgIpc) is 3.03. The van der Waals surface area contributed by atoms with Crippen molar-refractivity contribution in [2.75, 3.05) is 5.32 Å². The molecule has 6 nitrogen and oxygen atoms in total. The zero-order chi connectivity index (χ0) is 16.7. The first-order chi connectivity index (χ1) is 11.6. The minimum atomic E-state index is -0.737. The van der Waals surface area contributed by atoms with Gasteiger partial charge in [0.05, 0.1) is 11.0 Å². The van der Waals surface area contributed by atoms with Gasteiger partial charge in [-0.25, -0.2) is 0 Å². The van der Waals surface area contributed by atoms with Gasteiger partial charge in [0.2, 0.25) is 0 Å². The molecule has 0 saturated carbocycles. The van der Waals surface area contributed by atoms with Gasteiger partial charge in [0.1, 0.15) is 0 Å². The molecule has 0 bridgehead atoms. The number of aryl methyl sites for hydroxylation is 2. The van der Waals surface area contributed by atoms with E-state index in [-0.39, 0.29) is 5.91 Å². The first kappa shape index (κ1) is 14.4. The lowest BCUT2D eigenvalue weighted by Crippen LogP contribution is -2.29. The van der Waals surface area contributed by atoms with Crippen molar-refractivity contribution >= 4 is 22.6 Å². The number of benzene rings is 2. The fourth-order valence-corrected chi connectivity index (χ4v) is 3.11. The second-order valence-electron chi connectivity index (χ2n) is 5.96. The Hall–Kier alpha value is -3.15. The summed E-state index contributed by atoms with van der Waals surface area (Å²) < 4.78 is 0. The van der Waals surface area contributed by atoms with Crippen LogP contribution in [0.5, 0.6) is 0 Å². The van der Waals surface area contributed by atoms with Gasteiger partial charge >= 0.3 is 11.1 Å². The van der Waals surface area contributed by atoms with Crippen LogP contribution >= 0.6 is 0 Å². The SMILES string of the molecule is O=C(Nc1ccc2c(c1)CCC2)c1ccc2[nH]c(=O)c(=O)[nH]c2c1. The highest BCUT2D eigenvalue weighted by atomic mass is 16.2. The Morgan fingerprint density at radius 3 is 2.46 bits per heavy atom. The van der Waals surface area contributed by atoms with Crippen molar-refractivity contribution in [2.24, 2.45) is 0 Å². The van der Waals surface area contributed by atoms with Crippen LogP contribution in [0.25, 0.3) is 11.0 Å². The van der Waals surface area contributed by atoms with Crippen LogP contribution < -0.4 is 16.4 Å². The summed E-state index contributed by atoms with van der Waals surface area (Å²) in [5, 5.41) is 2.88. The average molecular weight is 321 g/mol. The van der Waals surface area contributed by atoms with E-state index in [9.17, 15) is 14.4 Å². The largest absolute Gasteiger partial charge is 0.322 e. The summed E-state index contributed by atoms with van der Waals surface area (Å²) in [4.78, 5) is 40.1. The van der Waals surface area contributed by atoms with Crippen LogP contribution in [0.15, 0.2) is 46.0 Å². The maximum atomic E-state index is 12.4. The molecule has 0 saturated heterocycles. The fraction of sp³-hybridized carbons (Fsp3) is 0.167. The van der Waals surface area contributed by atoms with Crippen molar-refractivity contribution in [3.05, 3.63) is 73.8 Å². The zero-order valence-corrected chi connectivity index (χ0v) is 12.8. The van der Waals surface area contributed by atoms with Crippen molar-refractivity contribution in [3.8, 4) is 0 Å². The third-order valence-electron chi connectivity index (χ3n) is 4.34. The molecule has 0 aliphatic heterocycles. The predicted octanol–water partition coefficient (Wildman–Crippen LogP) is 1.96. The van der Waals surface area contributed by atoms with Gasteiger partial charge in [-0.3, -0.25) is 14.4 Å². The van der Waals surface area contributed by atoms with Gasteiger partial charge in [0.15, 0.2) is 0 Å². The molecule has 0 unspecified atom stereocenters. The van der Waals surface area contributed by atoms with Crippen molar-refractivity contribution in [3.63, 3.8) is 0 Å². The Kier molecular flexibility index (Phi) is 3.30. The standard InChI is InChI=1S/C18H15N3O3/c22-16(19-13-6-4-10-2-1-3-11(10)8-13)12-5-7-14-15(9-12)21-18(24)17(23)20-14/h4-9H,1-3H2,(H,19,22)(H,20,23)(H,21,24). The molecule has 4 rings (SSSR count). The summed E-state index contributed by atoms with van der Waals surface area (Å²) in [6, 6.07) is 10.7. The number of amides is 1. The Labute approximate surface area is 136 Å². The van der Waals surface area contributed by atoms with Gasteiger partial charge in [-0.15, -0.1) is 0 Å². The number of carbonyl (C=O) groups is 1. The van der Waals surface area contributed by atoms with Crippen LogP contribution in [0.1, 0.15) is 27.9 Å². The topological polar surface area (TPSA) is 94.8 Å². The predicted molar refractivity (Wildman–Crippen MR) is 91.6 cm³/mol. The first-order valence-corrected chi connectivity index (χ1v) is 7.80. The van der Waals surface area contributed by atoms with Gasteiger partial charge in [-0.05, 0) is 60.7 Å². The molecule has 2 aromatic carbocycles. The van der Waals surface area contributed by atoms with Gasteiger partial charge in [-0.2, -0.15) is 0 Å². The van der Waals surface area contributed by atoms with Crippen LogP contribution in [-0.2, 0) is 12.8 Å². The molecular weight excluding hydrogens is 306 g/mol. The molecule has 0 spiro atoms. The summed E-state index contributed by atoms with van der Waals surface area (Å²) in [5.41, 5.74) is 3.25. The summed E-state index contributed by atoms with van der Waals surface area (Å²) in [7, 11) is 0. The van der Waals surface area contributed by atoms with E-state index in [1.165, 1.54) is 11.1 Å². The lowest BCUT2D eigenvalue weighted by Gasteiger charge is -2.08.